The highest BCUT2D eigenvalue weighted by molar-refractivity contribution is 9.10. The minimum Gasteiger partial charge on any atom is -0.497 e. The molecule has 0 fully saturated rings. The first kappa shape index (κ1) is 17.0. The normalized spacial score (nSPS) is 11.6. The molecule has 2 aromatic rings. The van der Waals surface area contributed by atoms with Gasteiger partial charge < -0.3 is 15.2 Å². The summed E-state index contributed by atoms with van der Waals surface area (Å²) in [6, 6.07) is 13.2. The van der Waals surface area contributed by atoms with Gasteiger partial charge in [-0.05, 0) is 35.9 Å². The molecular weight excluding hydrogens is 362 g/mol. The number of amides is 1. The van der Waals surface area contributed by atoms with E-state index in [1.54, 1.807) is 49.6 Å². The maximum atomic E-state index is 12.3. The fourth-order valence-electron chi connectivity index (χ4n) is 2.13. The lowest BCUT2D eigenvalue weighted by Gasteiger charge is -2.18. The van der Waals surface area contributed by atoms with Crippen LogP contribution in [-0.4, -0.2) is 24.1 Å². The summed E-state index contributed by atoms with van der Waals surface area (Å²) in [6.45, 7) is 0. The summed E-state index contributed by atoms with van der Waals surface area (Å²) in [4.78, 5) is 23.4. The molecule has 120 valence electrons. The summed E-state index contributed by atoms with van der Waals surface area (Å²) < 4.78 is 5.87. The maximum absolute atomic E-state index is 12.3. The van der Waals surface area contributed by atoms with Crippen molar-refractivity contribution in [2.45, 2.75) is 12.5 Å². The Morgan fingerprint density at radius 3 is 2.48 bits per heavy atom. The molecule has 0 unspecified atom stereocenters. The number of aliphatic carboxylic acids is 1. The van der Waals surface area contributed by atoms with E-state index >= 15 is 0 Å². The van der Waals surface area contributed by atoms with E-state index in [1.165, 1.54) is 0 Å². The largest absolute Gasteiger partial charge is 0.497 e. The van der Waals surface area contributed by atoms with Crippen LogP contribution in [0.3, 0.4) is 0 Å². The minimum absolute atomic E-state index is 0.202. The van der Waals surface area contributed by atoms with Crippen molar-refractivity contribution in [3.8, 4) is 5.75 Å². The quantitative estimate of drug-likeness (QED) is 0.808. The molecule has 2 aromatic carbocycles. The Labute approximate surface area is 142 Å². The Kier molecular flexibility index (Phi) is 5.76. The van der Waals surface area contributed by atoms with Crippen LogP contribution in [0.2, 0.25) is 0 Å². The first-order chi connectivity index (χ1) is 11.0. The average molecular weight is 378 g/mol. The van der Waals surface area contributed by atoms with Gasteiger partial charge in [-0.2, -0.15) is 0 Å². The predicted molar refractivity (Wildman–Crippen MR) is 89.6 cm³/mol. The standard InChI is InChI=1S/C17H16BrNO4/c1-23-14-7-5-11(6-8-14)15(10-16(20)21)19-17(22)12-3-2-4-13(18)9-12/h2-9,15H,10H2,1H3,(H,19,22)(H,20,21)/t15-/m1/s1. The molecule has 0 aliphatic carbocycles. The van der Waals surface area contributed by atoms with Crippen LogP contribution in [0.4, 0.5) is 0 Å². The van der Waals surface area contributed by atoms with E-state index in [1.807, 2.05) is 6.07 Å². The summed E-state index contributed by atoms with van der Waals surface area (Å²) in [7, 11) is 1.55. The fourth-order valence-corrected chi connectivity index (χ4v) is 2.53. The molecule has 5 nitrogen and oxygen atoms in total. The Balaban J connectivity index is 2.20. The summed E-state index contributed by atoms with van der Waals surface area (Å²) in [5.74, 6) is -0.644. The number of rotatable bonds is 6. The second kappa shape index (κ2) is 7.78. The molecule has 1 atom stereocenters. The van der Waals surface area contributed by atoms with E-state index in [4.69, 9.17) is 9.84 Å². The third-order valence-corrected chi connectivity index (χ3v) is 3.78. The number of carbonyl (C=O) groups is 2. The van der Waals surface area contributed by atoms with Gasteiger partial charge in [0.05, 0.1) is 19.6 Å². The summed E-state index contributed by atoms with van der Waals surface area (Å²) in [5.41, 5.74) is 1.17. The van der Waals surface area contributed by atoms with Gasteiger partial charge in [-0.1, -0.05) is 34.1 Å². The molecule has 0 aliphatic rings. The first-order valence-electron chi connectivity index (χ1n) is 6.92. The van der Waals surface area contributed by atoms with Crippen molar-refractivity contribution in [3.63, 3.8) is 0 Å². The van der Waals surface area contributed by atoms with Crippen LogP contribution in [-0.2, 0) is 4.79 Å². The van der Waals surface area contributed by atoms with Crippen molar-refractivity contribution >= 4 is 27.8 Å². The third-order valence-electron chi connectivity index (χ3n) is 3.29. The zero-order valence-corrected chi connectivity index (χ0v) is 14.0. The van der Waals surface area contributed by atoms with Gasteiger partial charge in [0.1, 0.15) is 5.75 Å². The van der Waals surface area contributed by atoms with Gasteiger partial charge in [0.2, 0.25) is 0 Å². The highest BCUT2D eigenvalue weighted by atomic mass is 79.9. The number of hydrogen-bond acceptors (Lipinski definition) is 3. The molecule has 0 radical (unpaired) electrons. The van der Waals surface area contributed by atoms with Gasteiger partial charge in [0.25, 0.3) is 5.91 Å². The lowest BCUT2D eigenvalue weighted by atomic mass is 10.0. The van der Waals surface area contributed by atoms with Crippen LogP contribution in [0, 0.1) is 0 Å². The van der Waals surface area contributed by atoms with Crippen LogP contribution >= 0.6 is 15.9 Å². The van der Waals surface area contributed by atoms with Gasteiger partial charge in [-0.25, -0.2) is 0 Å². The minimum atomic E-state index is -0.986. The van der Waals surface area contributed by atoms with Crippen LogP contribution in [0.1, 0.15) is 28.4 Å². The molecule has 23 heavy (non-hydrogen) atoms. The second-order valence-corrected chi connectivity index (χ2v) is 5.82. The zero-order valence-electron chi connectivity index (χ0n) is 12.5. The van der Waals surface area contributed by atoms with Crippen molar-refractivity contribution in [1.82, 2.24) is 5.32 Å². The number of ether oxygens (including phenoxy) is 1. The molecule has 0 aromatic heterocycles. The van der Waals surface area contributed by atoms with Gasteiger partial charge in [0, 0.05) is 10.0 Å². The number of hydrogen-bond donors (Lipinski definition) is 2. The molecule has 1 amide bonds. The van der Waals surface area contributed by atoms with E-state index < -0.39 is 12.0 Å². The van der Waals surface area contributed by atoms with E-state index in [2.05, 4.69) is 21.2 Å². The molecule has 0 spiro atoms. The molecule has 0 bridgehead atoms. The number of nitrogens with one attached hydrogen (secondary N) is 1. The van der Waals surface area contributed by atoms with Gasteiger partial charge in [0.15, 0.2) is 0 Å². The SMILES string of the molecule is COc1ccc([C@@H](CC(=O)O)NC(=O)c2cccc(Br)c2)cc1. The predicted octanol–water partition coefficient (Wildman–Crippen LogP) is 3.40. The maximum Gasteiger partial charge on any atom is 0.305 e. The molecule has 2 N–H and O–H groups in total. The number of carboxylic acids is 1. The number of halogens is 1. The molecule has 0 saturated heterocycles. The highest BCUT2D eigenvalue weighted by Gasteiger charge is 2.19. The van der Waals surface area contributed by atoms with Crippen molar-refractivity contribution in [3.05, 3.63) is 64.1 Å². The van der Waals surface area contributed by atoms with Gasteiger partial charge in [-0.3, -0.25) is 9.59 Å². The Morgan fingerprint density at radius 2 is 1.91 bits per heavy atom. The van der Waals surface area contributed by atoms with Crippen LogP contribution in [0.5, 0.6) is 5.75 Å². The molecule has 0 saturated carbocycles. The van der Waals surface area contributed by atoms with Crippen molar-refractivity contribution < 1.29 is 19.4 Å². The number of methoxy groups -OCH3 is 1. The Bertz CT molecular complexity index is 700. The van der Waals surface area contributed by atoms with Crippen molar-refractivity contribution in [1.29, 1.82) is 0 Å². The molecule has 0 aliphatic heterocycles. The van der Waals surface area contributed by atoms with Crippen LogP contribution < -0.4 is 10.1 Å². The highest BCUT2D eigenvalue weighted by Crippen LogP contribution is 2.21. The topological polar surface area (TPSA) is 75.6 Å². The number of carbonyl (C=O) groups excluding carboxylic acids is 1. The van der Waals surface area contributed by atoms with E-state index in [9.17, 15) is 9.59 Å². The lowest BCUT2D eigenvalue weighted by Crippen LogP contribution is -2.30. The number of carboxylic acid groups (broad SMARTS) is 1. The average Bonchev–Trinajstić information content (AvgIpc) is 2.54. The zero-order chi connectivity index (χ0) is 16.8. The molecule has 0 heterocycles. The van der Waals surface area contributed by atoms with Crippen molar-refractivity contribution in [2.24, 2.45) is 0 Å². The van der Waals surface area contributed by atoms with Crippen LogP contribution in [0.15, 0.2) is 53.0 Å². The second-order valence-electron chi connectivity index (χ2n) is 4.91. The molecule has 2 rings (SSSR count). The van der Waals surface area contributed by atoms with Crippen molar-refractivity contribution in [2.75, 3.05) is 7.11 Å². The number of benzene rings is 2. The van der Waals surface area contributed by atoms with E-state index in [0.717, 1.165) is 4.47 Å². The van der Waals surface area contributed by atoms with E-state index in [0.29, 0.717) is 16.9 Å². The van der Waals surface area contributed by atoms with Crippen LogP contribution in [0.25, 0.3) is 0 Å². The fraction of sp³-hybridized carbons (Fsp3) is 0.176. The van der Waals surface area contributed by atoms with Gasteiger partial charge in [-0.15, -0.1) is 0 Å². The van der Waals surface area contributed by atoms with Gasteiger partial charge >= 0.3 is 5.97 Å². The molecular formula is C17H16BrNO4. The first-order valence-corrected chi connectivity index (χ1v) is 7.71. The van der Waals surface area contributed by atoms with E-state index in [-0.39, 0.29) is 12.3 Å². The summed E-state index contributed by atoms with van der Waals surface area (Å²) in [6.07, 6.45) is -0.202. The monoisotopic (exact) mass is 377 g/mol. The Morgan fingerprint density at radius 1 is 1.22 bits per heavy atom. The lowest BCUT2D eigenvalue weighted by molar-refractivity contribution is -0.137. The summed E-state index contributed by atoms with van der Waals surface area (Å²) >= 11 is 3.31. The Hall–Kier alpha value is -2.34. The third kappa shape index (κ3) is 4.82. The molecule has 6 heteroatoms. The summed E-state index contributed by atoms with van der Waals surface area (Å²) in [5, 5.41) is 11.9. The smallest absolute Gasteiger partial charge is 0.305 e.